The van der Waals surface area contributed by atoms with Crippen molar-refractivity contribution in [1.82, 2.24) is 9.21 Å². The zero-order chi connectivity index (χ0) is 19.5. The lowest BCUT2D eigenvalue weighted by atomic mass is 10.2. The number of piperazine rings is 1. The summed E-state index contributed by atoms with van der Waals surface area (Å²) in [5.41, 5.74) is 0. The van der Waals surface area contributed by atoms with Gasteiger partial charge in [0.05, 0.1) is 5.92 Å². The summed E-state index contributed by atoms with van der Waals surface area (Å²) in [5, 5.41) is 0. The van der Waals surface area contributed by atoms with E-state index >= 15 is 0 Å². The van der Waals surface area contributed by atoms with E-state index in [4.69, 9.17) is 4.74 Å². The van der Waals surface area contributed by atoms with Crippen LogP contribution in [0.3, 0.4) is 0 Å². The van der Waals surface area contributed by atoms with E-state index in [0.717, 1.165) is 22.5 Å². The Kier molecular flexibility index (Phi) is 6.30. The van der Waals surface area contributed by atoms with Crippen LogP contribution in [0.15, 0.2) is 23.1 Å². The van der Waals surface area contributed by atoms with Crippen LogP contribution in [0.1, 0.15) is 13.8 Å². The summed E-state index contributed by atoms with van der Waals surface area (Å²) in [5.74, 6) is -3.64. The Morgan fingerprint density at radius 2 is 1.65 bits per heavy atom. The van der Waals surface area contributed by atoms with Crippen molar-refractivity contribution in [1.29, 1.82) is 0 Å². The highest BCUT2D eigenvalue weighted by Crippen LogP contribution is 2.23. The molecule has 0 unspecified atom stereocenters. The number of hydrogen-bond donors (Lipinski definition) is 0. The first-order valence-corrected chi connectivity index (χ1v) is 9.47. The molecule has 0 atom stereocenters. The average molecular weight is 390 g/mol. The molecule has 0 bridgehead atoms. The standard InChI is InChI=1S/C16H20F2N2O5S/c1-11(2)16(22)25-10-14(21)19-6-8-20(9-7-19)26(23,24)15-12(17)4-3-5-13(15)18/h3-5,11H,6-10H2,1-2H3. The average Bonchev–Trinajstić information content (AvgIpc) is 2.59. The third-order valence-corrected chi connectivity index (χ3v) is 5.87. The maximum absolute atomic E-state index is 13.8. The van der Waals surface area contributed by atoms with Crippen molar-refractivity contribution < 1.29 is 31.5 Å². The molecule has 1 aromatic rings. The van der Waals surface area contributed by atoms with Gasteiger partial charge in [-0.2, -0.15) is 4.31 Å². The van der Waals surface area contributed by atoms with E-state index in [1.165, 1.54) is 4.90 Å². The van der Waals surface area contributed by atoms with Gasteiger partial charge >= 0.3 is 5.97 Å². The number of carbonyl (C=O) groups excluding carboxylic acids is 2. The van der Waals surface area contributed by atoms with E-state index in [9.17, 15) is 26.8 Å². The van der Waals surface area contributed by atoms with Crippen LogP contribution >= 0.6 is 0 Å². The van der Waals surface area contributed by atoms with Gasteiger partial charge in [-0.3, -0.25) is 9.59 Å². The number of sulfonamides is 1. The smallest absolute Gasteiger partial charge is 0.308 e. The summed E-state index contributed by atoms with van der Waals surface area (Å²) in [6.07, 6.45) is 0. The Morgan fingerprint density at radius 3 is 2.15 bits per heavy atom. The number of nitrogens with zero attached hydrogens (tertiary/aromatic N) is 2. The molecule has 144 valence electrons. The summed E-state index contributed by atoms with van der Waals surface area (Å²) in [4.78, 5) is 23.8. The Labute approximate surface area is 150 Å². The van der Waals surface area contributed by atoms with Gasteiger partial charge in [0, 0.05) is 26.2 Å². The zero-order valence-electron chi connectivity index (χ0n) is 14.4. The third-order valence-electron chi connectivity index (χ3n) is 3.92. The number of halogens is 2. The number of hydrogen-bond acceptors (Lipinski definition) is 5. The highest BCUT2D eigenvalue weighted by atomic mass is 32.2. The molecule has 2 rings (SSSR count). The summed E-state index contributed by atoms with van der Waals surface area (Å²) in [6, 6.07) is 2.83. The molecule has 0 saturated carbocycles. The topological polar surface area (TPSA) is 84.0 Å². The van der Waals surface area contributed by atoms with Crippen LogP contribution in [0.25, 0.3) is 0 Å². The Morgan fingerprint density at radius 1 is 1.12 bits per heavy atom. The first-order chi connectivity index (χ1) is 12.1. The molecule has 0 radical (unpaired) electrons. The molecule has 26 heavy (non-hydrogen) atoms. The first kappa shape index (κ1) is 20.2. The third kappa shape index (κ3) is 4.36. The number of ether oxygens (including phenoxy) is 1. The van der Waals surface area contributed by atoms with E-state index in [2.05, 4.69) is 0 Å². The van der Waals surface area contributed by atoms with Crippen LogP contribution in [0, 0.1) is 17.6 Å². The SMILES string of the molecule is CC(C)C(=O)OCC(=O)N1CCN(S(=O)(=O)c2c(F)cccc2F)CC1. The second-order valence-corrected chi connectivity index (χ2v) is 7.97. The maximum Gasteiger partial charge on any atom is 0.308 e. The van der Waals surface area contributed by atoms with Gasteiger partial charge in [-0.15, -0.1) is 0 Å². The largest absolute Gasteiger partial charge is 0.455 e. The molecule has 1 aliphatic rings. The van der Waals surface area contributed by atoms with Gasteiger partial charge in [0.1, 0.15) is 11.6 Å². The Bertz CT molecular complexity index is 770. The predicted molar refractivity (Wildman–Crippen MR) is 87.5 cm³/mol. The normalized spacial score (nSPS) is 16.0. The number of amides is 1. The van der Waals surface area contributed by atoms with Gasteiger partial charge in [-0.05, 0) is 12.1 Å². The molecule has 1 saturated heterocycles. The van der Waals surface area contributed by atoms with Crippen LogP contribution in [-0.4, -0.2) is 62.3 Å². The highest BCUT2D eigenvalue weighted by molar-refractivity contribution is 7.89. The van der Waals surface area contributed by atoms with Crippen LogP contribution in [-0.2, 0) is 24.3 Å². The maximum atomic E-state index is 13.8. The monoisotopic (exact) mass is 390 g/mol. The Hall–Kier alpha value is -2.07. The first-order valence-electron chi connectivity index (χ1n) is 8.03. The number of benzene rings is 1. The molecule has 1 aromatic carbocycles. The number of rotatable bonds is 5. The molecule has 0 N–H and O–H groups in total. The van der Waals surface area contributed by atoms with Gasteiger partial charge in [0.2, 0.25) is 10.0 Å². The quantitative estimate of drug-likeness (QED) is 0.701. The van der Waals surface area contributed by atoms with Crippen molar-refractivity contribution in [3.05, 3.63) is 29.8 Å². The van der Waals surface area contributed by atoms with E-state index in [1.54, 1.807) is 13.8 Å². The summed E-state index contributed by atoms with van der Waals surface area (Å²) in [6.45, 7) is 2.70. The lowest BCUT2D eigenvalue weighted by Crippen LogP contribution is -2.51. The van der Waals surface area contributed by atoms with Crippen molar-refractivity contribution in [2.75, 3.05) is 32.8 Å². The van der Waals surface area contributed by atoms with Crippen molar-refractivity contribution in [3.8, 4) is 0 Å². The summed E-state index contributed by atoms with van der Waals surface area (Å²) in [7, 11) is -4.35. The van der Waals surface area contributed by atoms with Crippen molar-refractivity contribution in [3.63, 3.8) is 0 Å². The predicted octanol–water partition coefficient (Wildman–Crippen LogP) is 0.997. The van der Waals surface area contributed by atoms with E-state index in [0.29, 0.717) is 0 Å². The van der Waals surface area contributed by atoms with Gasteiger partial charge in [-0.25, -0.2) is 17.2 Å². The zero-order valence-corrected chi connectivity index (χ0v) is 15.3. The minimum absolute atomic E-state index is 0.0351. The fraction of sp³-hybridized carbons (Fsp3) is 0.500. The van der Waals surface area contributed by atoms with Crippen LogP contribution < -0.4 is 0 Å². The summed E-state index contributed by atoms with van der Waals surface area (Å²) < 4.78 is 58.3. The van der Waals surface area contributed by atoms with Gasteiger partial charge < -0.3 is 9.64 Å². The van der Waals surface area contributed by atoms with E-state index < -0.39 is 45.0 Å². The van der Waals surface area contributed by atoms with Gasteiger partial charge in [-0.1, -0.05) is 19.9 Å². The minimum Gasteiger partial charge on any atom is -0.455 e. The van der Waals surface area contributed by atoms with E-state index in [1.807, 2.05) is 0 Å². The fourth-order valence-electron chi connectivity index (χ4n) is 2.43. The molecule has 1 fully saturated rings. The molecule has 0 aliphatic carbocycles. The number of esters is 1. The molecule has 1 amide bonds. The Balaban J connectivity index is 1.99. The highest BCUT2D eigenvalue weighted by Gasteiger charge is 2.34. The summed E-state index contributed by atoms with van der Waals surface area (Å²) >= 11 is 0. The van der Waals surface area contributed by atoms with Crippen molar-refractivity contribution in [2.24, 2.45) is 5.92 Å². The van der Waals surface area contributed by atoms with Crippen LogP contribution in [0.2, 0.25) is 0 Å². The van der Waals surface area contributed by atoms with Crippen molar-refractivity contribution in [2.45, 2.75) is 18.7 Å². The van der Waals surface area contributed by atoms with E-state index in [-0.39, 0.29) is 32.1 Å². The van der Waals surface area contributed by atoms with Crippen LogP contribution in [0.4, 0.5) is 8.78 Å². The molecular formula is C16H20F2N2O5S. The molecule has 0 aromatic heterocycles. The second-order valence-electron chi connectivity index (χ2n) is 6.10. The molecule has 1 heterocycles. The molecule has 7 nitrogen and oxygen atoms in total. The fourth-order valence-corrected chi connectivity index (χ4v) is 3.96. The van der Waals surface area contributed by atoms with Crippen molar-refractivity contribution >= 4 is 21.9 Å². The van der Waals surface area contributed by atoms with Gasteiger partial charge in [0.25, 0.3) is 5.91 Å². The lowest BCUT2D eigenvalue weighted by Gasteiger charge is -2.34. The number of carbonyl (C=O) groups is 2. The minimum atomic E-state index is -4.35. The lowest BCUT2D eigenvalue weighted by molar-refractivity contribution is -0.155. The molecule has 0 spiro atoms. The van der Waals surface area contributed by atoms with Crippen LogP contribution in [0.5, 0.6) is 0 Å². The molecule has 1 aliphatic heterocycles. The molecular weight excluding hydrogens is 370 g/mol. The second kappa shape index (κ2) is 8.09. The molecule has 10 heteroatoms. The van der Waals surface area contributed by atoms with Gasteiger partial charge in [0.15, 0.2) is 11.5 Å².